The van der Waals surface area contributed by atoms with Crippen molar-refractivity contribution in [2.75, 3.05) is 18.6 Å². The molecule has 102 valence electrons. The molecule has 1 aromatic carbocycles. The van der Waals surface area contributed by atoms with E-state index in [1.54, 1.807) is 18.0 Å². The molecule has 2 N–H and O–H groups in total. The lowest BCUT2D eigenvalue weighted by atomic mass is 10.2. The van der Waals surface area contributed by atoms with Crippen molar-refractivity contribution >= 4 is 40.0 Å². The van der Waals surface area contributed by atoms with Gasteiger partial charge in [-0.2, -0.15) is 5.10 Å². The molecule has 0 bridgehead atoms. The Balaban J connectivity index is 2.13. The van der Waals surface area contributed by atoms with Crippen LogP contribution in [0.2, 0.25) is 5.02 Å². The van der Waals surface area contributed by atoms with Crippen LogP contribution >= 0.6 is 23.4 Å². The number of aromatic nitrogens is 2. The predicted molar refractivity (Wildman–Crippen MR) is 79.8 cm³/mol. The Kier molecular flexibility index (Phi) is 3.60. The molecule has 0 aliphatic carbocycles. The summed E-state index contributed by atoms with van der Waals surface area (Å²) in [4.78, 5) is 0.982. The van der Waals surface area contributed by atoms with Gasteiger partial charge >= 0.3 is 0 Å². The Hall–Kier alpha value is -0.910. The highest BCUT2D eigenvalue weighted by Crippen LogP contribution is 2.38. The third-order valence-corrected chi connectivity index (χ3v) is 4.67. The van der Waals surface area contributed by atoms with E-state index in [9.17, 15) is 0 Å². The van der Waals surface area contributed by atoms with Crippen molar-refractivity contribution in [3.05, 3.63) is 17.3 Å². The van der Waals surface area contributed by atoms with Gasteiger partial charge in [-0.05, 0) is 31.6 Å². The van der Waals surface area contributed by atoms with Gasteiger partial charge in [-0.25, -0.2) is 4.68 Å². The zero-order chi connectivity index (χ0) is 13.4. The quantitative estimate of drug-likeness (QED) is 0.678. The van der Waals surface area contributed by atoms with E-state index in [0.717, 1.165) is 35.2 Å². The van der Waals surface area contributed by atoms with Gasteiger partial charge in [0.2, 0.25) is 0 Å². The van der Waals surface area contributed by atoms with Crippen LogP contribution in [0.25, 0.3) is 10.9 Å². The van der Waals surface area contributed by atoms with Crippen LogP contribution in [0.4, 0.5) is 5.69 Å². The van der Waals surface area contributed by atoms with E-state index < -0.39 is 0 Å². The van der Waals surface area contributed by atoms with Gasteiger partial charge < -0.3 is 10.5 Å². The lowest BCUT2D eigenvalue weighted by Crippen LogP contribution is -2.19. The highest BCUT2D eigenvalue weighted by atomic mass is 35.5. The number of nitrogens with zero attached hydrogens (tertiary/aromatic N) is 2. The van der Waals surface area contributed by atoms with Crippen molar-refractivity contribution in [3.8, 4) is 0 Å². The van der Waals surface area contributed by atoms with E-state index in [2.05, 4.69) is 5.10 Å². The molecule has 19 heavy (non-hydrogen) atoms. The fraction of sp³-hybridized carbons (Fsp3) is 0.462. The molecule has 1 fully saturated rings. The summed E-state index contributed by atoms with van der Waals surface area (Å²) in [6, 6.07) is 2.05. The van der Waals surface area contributed by atoms with E-state index in [4.69, 9.17) is 22.1 Å². The first-order chi connectivity index (χ1) is 9.22. The van der Waals surface area contributed by atoms with E-state index in [1.165, 1.54) is 6.42 Å². The number of hydrogen-bond donors (Lipinski definition) is 1. The van der Waals surface area contributed by atoms with Crippen LogP contribution in [0.15, 0.2) is 17.2 Å². The normalized spacial score (nSPS) is 20.0. The van der Waals surface area contributed by atoms with Gasteiger partial charge in [-0.3, -0.25) is 0 Å². The third-order valence-electron chi connectivity index (χ3n) is 3.49. The molecule has 2 aromatic rings. The molecule has 3 rings (SSSR count). The molecule has 6 heteroatoms. The van der Waals surface area contributed by atoms with E-state index >= 15 is 0 Å². The highest BCUT2D eigenvalue weighted by molar-refractivity contribution is 7.98. The molecular weight excluding hydrogens is 282 g/mol. The standard InChI is InChI=1S/C13H16ClN3OS/c1-19-10-6-9-8(12(14)13(10)15)7-16-17(9)11-4-2-3-5-18-11/h6-7,11H,2-5,15H2,1H3. The summed E-state index contributed by atoms with van der Waals surface area (Å²) in [5, 5.41) is 5.92. The minimum atomic E-state index is 0.0145. The van der Waals surface area contributed by atoms with Crippen LogP contribution in [-0.2, 0) is 4.74 Å². The second kappa shape index (κ2) is 5.23. The number of halogens is 1. The molecule has 1 aliphatic rings. The first-order valence-corrected chi connectivity index (χ1v) is 7.93. The fourth-order valence-electron chi connectivity index (χ4n) is 2.45. The molecule has 1 aromatic heterocycles. The molecule has 0 amide bonds. The van der Waals surface area contributed by atoms with Crippen LogP contribution in [0, 0.1) is 0 Å². The number of rotatable bonds is 2. The van der Waals surface area contributed by atoms with Gasteiger partial charge in [0.25, 0.3) is 0 Å². The Labute approximate surface area is 121 Å². The number of nitrogens with two attached hydrogens (primary N) is 1. The average Bonchev–Trinajstić information content (AvgIpc) is 2.87. The number of hydrogen-bond acceptors (Lipinski definition) is 4. The van der Waals surface area contributed by atoms with Crippen molar-refractivity contribution in [2.24, 2.45) is 0 Å². The number of nitrogen functional groups attached to an aromatic ring is 1. The number of ether oxygens (including phenoxy) is 1. The van der Waals surface area contributed by atoms with Crippen LogP contribution in [0.5, 0.6) is 0 Å². The molecule has 0 saturated carbocycles. The molecule has 2 heterocycles. The second-order valence-electron chi connectivity index (χ2n) is 4.65. The summed E-state index contributed by atoms with van der Waals surface area (Å²) in [6.45, 7) is 0.796. The van der Waals surface area contributed by atoms with Gasteiger partial charge in [0.15, 0.2) is 6.23 Å². The van der Waals surface area contributed by atoms with E-state index in [1.807, 2.05) is 17.0 Å². The zero-order valence-electron chi connectivity index (χ0n) is 10.7. The monoisotopic (exact) mass is 297 g/mol. The second-order valence-corrected chi connectivity index (χ2v) is 5.88. The van der Waals surface area contributed by atoms with Crippen molar-refractivity contribution < 1.29 is 4.74 Å². The molecule has 1 unspecified atom stereocenters. The van der Waals surface area contributed by atoms with Crippen molar-refractivity contribution in [2.45, 2.75) is 30.4 Å². The molecule has 0 radical (unpaired) electrons. The number of fused-ring (bicyclic) bond motifs is 1. The molecule has 4 nitrogen and oxygen atoms in total. The lowest BCUT2D eigenvalue weighted by Gasteiger charge is -2.23. The maximum Gasteiger partial charge on any atom is 0.150 e. The van der Waals surface area contributed by atoms with Gasteiger partial charge in [0.05, 0.1) is 22.4 Å². The lowest BCUT2D eigenvalue weighted by molar-refractivity contribution is -0.0366. The summed E-state index contributed by atoms with van der Waals surface area (Å²) >= 11 is 7.92. The number of benzene rings is 1. The van der Waals surface area contributed by atoms with Gasteiger partial charge in [0, 0.05) is 16.9 Å². The van der Waals surface area contributed by atoms with Crippen LogP contribution in [0.3, 0.4) is 0 Å². The maximum atomic E-state index is 6.33. The summed E-state index contributed by atoms with van der Waals surface area (Å²) in [5.41, 5.74) is 7.65. The minimum Gasteiger partial charge on any atom is -0.397 e. The summed E-state index contributed by atoms with van der Waals surface area (Å²) in [7, 11) is 0. The Morgan fingerprint density at radius 3 is 3.05 bits per heavy atom. The first kappa shape index (κ1) is 13.1. The Morgan fingerprint density at radius 1 is 1.53 bits per heavy atom. The van der Waals surface area contributed by atoms with E-state index in [-0.39, 0.29) is 6.23 Å². The minimum absolute atomic E-state index is 0.0145. The summed E-state index contributed by atoms with van der Waals surface area (Å²) in [6.07, 6.45) is 7.07. The van der Waals surface area contributed by atoms with Crippen LogP contribution in [0.1, 0.15) is 25.5 Å². The van der Waals surface area contributed by atoms with Crippen molar-refractivity contribution in [3.63, 3.8) is 0 Å². The topological polar surface area (TPSA) is 53.1 Å². The molecule has 0 spiro atoms. The Morgan fingerprint density at radius 2 is 2.37 bits per heavy atom. The van der Waals surface area contributed by atoms with Crippen LogP contribution < -0.4 is 5.73 Å². The Bertz CT molecular complexity index is 607. The highest BCUT2D eigenvalue weighted by Gasteiger charge is 2.20. The zero-order valence-corrected chi connectivity index (χ0v) is 12.3. The summed E-state index contributed by atoms with van der Waals surface area (Å²) in [5.74, 6) is 0. The summed E-state index contributed by atoms with van der Waals surface area (Å²) < 4.78 is 7.72. The van der Waals surface area contributed by atoms with E-state index in [0.29, 0.717) is 10.7 Å². The van der Waals surface area contributed by atoms with Gasteiger partial charge in [-0.1, -0.05) is 11.6 Å². The number of anilines is 1. The molecule has 1 saturated heterocycles. The molecule has 1 aliphatic heterocycles. The number of thioether (sulfide) groups is 1. The van der Waals surface area contributed by atoms with Crippen molar-refractivity contribution in [1.29, 1.82) is 0 Å². The van der Waals surface area contributed by atoms with Gasteiger partial charge in [0.1, 0.15) is 0 Å². The largest absolute Gasteiger partial charge is 0.397 e. The SMILES string of the molecule is CSc1cc2c(cnn2C2CCCCO2)c(Cl)c1N. The van der Waals surface area contributed by atoms with Crippen molar-refractivity contribution in [1.82, 2.24) is 9.78 Å². The predicted octanol–water partition coefficient (Wildman–Crippen LogP) is 3.69. The van der Waals surface area contributed by atoms with Crippen LogP contribution in [-0.4, -0.2) is 22.6 Å². The molecular formula is C13H16ClN3OS. The third kappa shape index (κ3) is 2.20. The van der Waals surface area contributed by atoms with Gasteiger partial charge in [-0.15, -0.1) is 11.8 Å². The average molecular weight is 298 g/mol. The smallest absolute Gasteiger partial charge is 0.150 e. The molecule has 1 atom stereocenters. The fourth-order valence-corrected chi connectivity index (χ4v) is 3.31. The maximum absolute atomic E-state index is 6.33. The first-order valence-electron chi connectivity index (χ1n) is 6.33.